The van der Waals surface area contributed by atoms with Crippen molar-refractivity contribution in [3.63, 3.8) is 0 Å². The second kappa shape index (κ2) is 23.1. The van der Waals surface area contributed by atoms with Crippen molar-refractivity contribution in [1.29, 1.82) is 0 Å². The maximum Gasteiger partial charge on any atom is 0.256 e. The van der Waals surface area contributed by atoms with Gasteiger partial charge in [-0.15, -0.1) is 0 Å². The van der Waals surface area contributed by atoms with Crippen LogP contribution in [0.5, 0.6) is 23.0 Å². The highest BCUT2D eigenvalue weighted by Crippen LogP contribution is 2.54. The van der Waals surface area contributed by atoms with Crippen LogP contribution in [-0.4, -0.2) is 18.0 Å². The highest BCUT2D eigenvalue weighted by Gasteiger charge is 2.50. The molecule has 0 atom stereocenters. The highest BCUT2D eigenvalue weighted by atomic mass is 16.5. The summed E-state index contributed by atoms with van der Waals surface area (Å²) in [6.45, 7) is 41.4. The van der Waals surface area contributed by atoms with Crippen molar-refractivity contribution in [1.82, 2.24) is 4.57 Å². The average molecular weight is 1340 g/mol. The minimum Gasteiger partial charge on any atom is -0.458 e. The van der Waals surface area contributed by atoms with Crippen molar-refractivity contribution in [2.45, 2.75) is 157 Å². The van der Waals surface area contributed by atoms with Crippen molar-refractivity contribution in [2.75, 3.05) is 9.80 Å². The van der Waals surface area contributed by atoms with Gasteiger partial charge < -0.3 is 23.8 Å². The summed E-state index contributed by atoms with van der Waals surface area (Å²) in [5.41, 5.74) is 30.5. The third kappa shape index (κ3) is 10.8. The maximum atomic E-state index is 8.16. The van der Waals surface area contributed by atoms with Gasteiger partial charge in [0.2, 0.25) is 0 Å². The third-order valence-electron chi connectivity index (χ3n) is 22.6. The zero-order chi connectivity index (χ0) is 71.9. The molecule has 0 saturated carbocycles. The van der Waals surface area contributed by atoms with E-state index in [1.54, 1.807) is 0 Å². The van der Waals surface area contributed by atoms with Gasteiger partial charge in [0.1, 0.15) is 23.0 Å². The molecule has 510 valence electrons. The Bertz CT molecular complexity index is 5500. The summed E-state index contributed by atoms with van der Waals surface area (Å²) in [4.78, 5) is 5.20. The molecule has 0 radical (unpaired) electrons. The van der Waals surface area contributed by atoms with E-state index in [4.69, 9.17) is 9.47 Å². The van der Waals surface area contributed by atoms with Crippen molar-refractivity contribution >= 4 is 102 Å². The minimum absolute atomic E-state index is 0.0467. The predicted molar refractivity (Wildman–Crippen MR) is 441 cm³/mol. The molecule has 0 spiro atoms. The summed E-state index contributed by atoms with van der Waals surface area (Å²) in [6, 6.07) is 90.5. The molecule has 0 bridgehead atoms. The fourth-order valence-electron chi connectivity index (χ4n) is 16.8. The van der Waals surface area contributed by atoms with E-state index < -0.39 is 0 Å². The number of benzene rings is 12. The Labute approximate surface area is 611 Å². The Morgan fingerprint density at radius 1 is 0.282 bits per heavy atom. The standard InChI is InChI=1S/C96H93B2N3O2/c1-91(2,3)61-37-43-67(44-38-61)99-79-51-64(94(10,11)12)39-45-73(79)97-76-57-75-89(85(60-33-26-21-27-34-60)90(76)103-84-56-68(55-82(99)87(84)97)100-77-47-41-62(92(4,5)6)49-71(77)72-50-63(93(7,8)9)42-48-78(72)100)102-83-54-66(96(16,17)18)53-81-86(83)98(75)74-46-40-65(95(13,14)15)52-80(74)101(81)88-69(58-29-22-19-23-30-58)35-28-36-70(88)59-31-24-20-25-32-59/h19-57H,1-18H3. The van der Waals surface area contributed by atoms with E-state index in [1.165, 1.54) is 55.1 Å². The molecule has 0 aliphatic carbocycles. The molecule has 5 nitrogen and oxygen atoms in total. The van der Waals surface area contributed by atoms with Gasteiger partial charge in [0.15, 0.2) is 0 Å². The molecular formula is C96H93B2N3O2. The lowest BCUT2D eigenvalue weighted by Gasteiger charge is -2.44. The van der Waals surface area contributed by atoms with Crippen LogP contribution in [0.15, 0.2) is 237 Å². The Hall–Kier alpha value is -10.2. The Morgan fingerprint density at radius 2 is 0.670 bits per heavy atom. The molecule has 103 heavy (non-hydrogen) atoms. The van der Waals surface area contributed by atoms with E-state index in [0.29, 0.717) is 0 Å². The van der Waals surface area contributed by atoms with Crippen LogP contribution < -0.4 is 52.1 Å². The number of rotatable bonds is 6. The first-order valence-corrected chi connectivity index (χ1v) is 37.2. The van der Waals surface area contributed by atoms with Crippen LogP contribution in [0.3, 0.4) is 0 Å². The second-order valence-electron chi connectivity index (χ2n) is 35.8. The average Bonchev–Trinajstić information content (AvgIpc) is 0.885. The lowest BCUT2D eigenvalue weighted by molar-refractivity contribution is 0.467. The van der Waals surface area contributed by atoms with Gasteiger partial charge in [-0.3, -0.25) is 0 Å². The van der Waals surface area contributed by atoms with Crippen molar-refractivity contribution in [2.24, 2.45) is 0 Å². The Balaban J connectivity index is 0.988. The zero-order valence-electron chi connectivity index (χ0n) is 63.3. The zero-order valence-corrected chi connectivity index (χ0v) is 63.3. The van der Waals surface area contributed by atoms with Crippen LogP contribution >= 0.6 is 0 Å². The number of anilines is 6. The largest absolute Gasteiger partial charge is 0.458 e. The second-order valence-corrected chi connectivity index (χ2v) is 35.8. The molecule has 4 aliphatic heterocycles. The van der Waals surface area contributed by atoms with E-state index in [0.717, 1.165) is 129 Å². The maximum absolute atomic E-state index is 8.16. The number of nitrogens with zero attached hydrogens (tertiary/aromatic N) is 3. The van der Waals surface area contributed by atoms with Crippen LogP contribution in [0.2, 0.25) is 0 Å². The van der Waals surface area contributed by atoms with E-state index in [9.17, 15) is 0 Å². The summed E-state index contributed by atoms with van der Waals surface area (Å²) in [5.74, 6) is 3.31. The van der Waals surface area contributed by atoms with Crippen molar-refractivity contribution in [3.05, 3.63) is 270 Å². The molecule has 4 aliphatic rings. The summed E-state index contributed by atoms with van der Waals surface area (Å²) >= 11 is 0. The van der Waals surface area contributed by atoms with Crippen LogP contribution in [0, 0.1) is 0 Å². The summed E-state index contributed by atoms with van der Waals surface area (Å²) in [6.07, 6.45) is 0. The molecule has 17 rings (SSSR count). The topological polar surface area (TPSA) is 29.9 Å². The first-order chi connectivity index (χ1) is 48.9. The molecule has 5 heterocycles. The molecule has 0 fully saturated rings. The number of ether oxygens (including phenoxy) is 2. The fourth-order valence-corrected chi connectivity index (χ4v) is 16.8. The van der Waals surface area contributed by atoms with Gasteiger partial charge in [-0.2, -0.15) is 0 Å². The smallest absolute Gasteiger partial charge is 0.256 e. The van der Waals surface area contributed by atoms with Crippen molar-refractivity contribution < 1.29 is 9.47 Å². The lowest BCUT2D eigenvalue weighted by atomic mass is 9.30. The van der Waals surface area contributed by atoms with Gasteiger partial charge in [-0.1, -0.05) is 288 Å². The predicted octanol–water partition coefficient (Wildman–Crippen LogP) is 22.4. The van der Waals surface area contributed by atoms with Gasteiger partial charge in [-0.05, 0) is 182 Å². The van der Waals surface area contributed by atoms with Gasteiger partial charge in [0.05, 0.1) is 28.0 Å². The fraction of sp³-hybridized carbons (Fsp3) is 0.250. The van der Waals surface area contributed by atoms with Gasteiger partial charge in [0.25, 0.3) is 13.4 Å². The van der Waals surface area contributed by atoms with Gasteiger partial charge in [0, 0.05) is 56.4 Å². The van der Waals surface area contributed by atoms with Crippen LogP contribution in [0.25, 0.3) is 60.9 Å². The first-order valence-electron chi connectivity index (χ1n) is 37.2. The summed E-state index contributed by atoms with van der Waals surface area (Å²) in [7, 11) is 0. The number of aromatic nitrogens is 1. The monoisotopic (exact) mass is 1340 g/mol. The molecule has 12 aromatic carbocycles. The normalized spacial score (nSPS) is 14.0. The molecular weight excluding hydrogens is 1250 g/mol. The number of hydrogen-bond acceptors (Lipinski definition) is 4. The summed E-state index contributed by atoms with van der Waals surface area (Å²) in [5, 5.41) is 2.48. The van der Waals surface area contributed by atoms with Crippen LogP contribution in [-0.2, 0) is 32.5 Å². The molecule has 7 heteroatoms. The van der Waals surface area contributed by atoms with E-state index in [2.05, 4.69) is 376 Å². The number of para-hydroxylation sites is 1. The van der Waals surface area contributed by atoms with E-state index in [-0.39, 0.29) is 45.9 Å². The number of hydrogen-bond donors (Lipinski definition) is 0. The lowest BCUT2D eigenvalue weighted by Crippen LogP contribution is -2.63. The van der Waals surface area contributed by atoms with Crippen LogP contribution in [0.1, 0.15) is 158 Å². The Morgan fingerprint density at radius 3 is 1.13 bits per heavy atom. The molecule has 13 aromatic rings. The highest BCUT2D eigenvalue weighted by molar-refractivity contribution is 7.02. The van der Waals surface area contributed by atoms with Crippen molar-refractivity contribution in [3.8, 4) is 62.1 Å². The Kier molecular flexibility index (Phi) is 14.8. The third-order valence-corrected chi connectivity index (χ3v) is 22.6. The molecule has 0 amide bonds. The molecule has 0 unspecified atom stereocenters. The van der Waals surface area contributed by atoms with E-state index >= 15 is 0 Å². The van der Waals surface area contributed by atoms with Gasteiger partial charge in [-0.25, -0.2) is 0 Å². The first kappa shape index (κ1) is 66.0. The quantitative estimate of drug-likeness (QED) is 0.155. The SMILES string of the molecule is CC(C)(C)c1ccc(N2c3cc(C(C)(C)C)ccc3B3c4cc5c(c(-c6ccccc6)c4Oc4cc(-n6c7ccc(C(C)(C)C)cc7c7cc(C(C)(C)C)ccc76)cc2c43)Oc2cc(C(C)(C)C)cc3c2B5c2ccc(C(C)(C)C)cc2N3c2c(-c3ccccc3)cccc2-c2ccccc2)cc1. The molecule has 0 N–H and O–H groups in total. The molecule has 1 aromatic heterocycles. The van der Waals surface area contributed by atoms with Crippen LogP contribution in [0.4, 0.5) is 34.1 Å². The van der Waals surface area contributed by atoms with Gasteiger partial charge >= 0.3 is 0 Å². The summed E-state index contributed by atoms with van der Waals surface area (Å²) < 4.78 is 18.7. The number of fused-ring (bicyclic) bond motifs is 11. The van der Waals surface area contributed by atoms with E-state index in [1.807, 2.05) is 0 Å². The molecule has 0 saturated heterocycles. The minimum atomic E-state index is -0.273.